The van der Waals surface area contributed by atoms with Crippen LogP contribution in [0.25, 0.3) is 11.3 Å². The summed E-state index contributed by atoms with van der Waals surface area (Å²) in [5.74, 6) is 0.723. The summed E-state index contributed by atoms with van der Waals surface area (Å²) in [6.07, 6.45) is 4.69. The van der Waals surface area contributed by atoms with Crippen LogP contribution in [0.1, 0.15) is 48.7 Å². The van der Waals surface area contributed by atoms with Crippen LogP contribution in [0.5, 0.6) is 5.75 Å². The summed E-state index contributed by atoms with van der Waals surface area (Å²) in [5.41, 5.74) is 8.08. The van der Waals surface area contributed by atoms with Crippen molar-refractivity contribution < 1.29 is 9.53 Å². The van der Waals surface area contributed by atoms with E-state index in [2.05, 4.69) is 22.2 Å². The number of benzene rings is 1. The van der Waals surface area contributed by atoms with E-state index in [1.54, 1.807) is 14.0 Å². The Bertz CT molecular complexity index is 714. The number of unbranched alkanes of at least 4 members (excludes halogenated alkanes) is 3. The van der Waals surface area contributed by atoms with Crippen LogP contribution in [0.15, 0.2) is 24.3 Å². The topological polar surface area (TPSA) is 90.1 Å². The standard InChI is InChI=1S/C19H26N4O2/c1-4-5-6-7-12-25-15-10-8-14(9-11-15)17-16(18(24)21-3)13(2)22-19(20)23-17/h8-11H,4-7,12H2,1-3H3,(H,21,24)(H2,20,22,23). The zero-order valence-corrected chi connectivity index (χ0v) is 15.1. The number of rotatable bonds is 8. The smallest absolute Gasteiger partial charge is 0.255 e. The van der Waals surface area contributed by atoms with Crippen molar-refractivity contribution in [2.45, 2.75) is 39.5 Å². The highest BCUT2D eigenvalue weighted by Gasteiger charge is 2.18. The van der Waals surface area contributed by atoms with Gasteiger partial charge >= 0.3 is 0 Å². The number of carbonyl (C=O) groups is 1. The molecule has 0 spiro atoms. The van der Waals surface area contributed by atoms with Crippen molar-refractivity contribution in [2.75, 3.05) is 19.4 Å². The lowest BCUT2D eigenvalue weighted by Crippen LogP contribution is -2.21. The molecule has 0 atom stereocenters. The van der Waals surface area contributed by atoms with E-state index in [1.807, 2.05) is 24.3 Å². The number of ether oxygens (including phenoxy) is 1. The Morgan fingerprint density at radius 1 is 1.16 bits per heavy atom. The predicted octanol–water partition coefficient (Wildman–Crippen LogP) is 3.35. The molecule has 0 saturated carbocycles. The molecule has 0 saturated heterocycles. The van der Waals surface area contributed by atoms with E-state index in [1.165, 1.54) is 19.3 Å². The van der Waals surface area contributed by atoms with Gasteiger partial charge in [0.25, 0.3) is 5.91 Å². The quantitative estimate of drug-likeness (QED) is 0.718. The number of nitrogens with two attached hydrogens (primary N) is 1. The van der Waals surface area contributed by atoms with Gasteiger partial charge in [-0.05, 0) is 37.6 Å². The van der Waals surface area contributed by atoms with Gasteiger partial charge in [0.2, 0.25) is 5.95 Å². The van der Waals surface area contributed by atoms with E-state index in [9.17, 15) is 4.79 Å². The number of anilines is 1. The largest absolute Gasteiger partial charge is 0.494 e. The summed E-state index contributed by atoms with van der Waals surface area (Å²) < 4.78 is 5.75. The van der Waals surface area contributed by atoms with Gasteiger partial charge < -0.3 is 15.8 Å². The minimum absolute atomic E-state index is 0.149. The second-order valence-corrected chi connectivity index (χ2v) is 5.90. The number of aryl methyl sites for hydroxylation is 1. The first kappa shape index (κ1) is 18.7. The summed E-state index contributed by atoms with van der Waals surface area (Å²) >= 11 is 0. The molecule has 0 unspecified atom stereocenters. The number of nitrogen functional groups attached to an aromatic ring is 1. The van der Waals surface area contributed by atoms with Crippen molar-refractivity contribution in [3.05, 3.63) is 35.5 Å². The minimum atomic E-state index is -0.233. The van der Waals surface area contributed by atoms with E-state index < -0.39 is 0 Å². The summed E-state index contributed by atoms with van der Waals surface area (Å²) in [4.78, 5) is 20.5. The van der Waals surface area contributed by atoms with Crippen molar-refractivity contribution in [2.24, 2.45) is 0 Å². The second-order valence-electron chi connectivity index (χ2n) is 5.90. The fraction of sp³-hybridized carbons (Fsp3) is 0.421. The molecule has 0 aliphatic carbocycles. The Labute approximate surface area is 148 Å². The van der Waals surface area contributed by atoms with Crippen LogP contribution >= 0.6 is 0 Å². The number of nitrogens with one attached hydrogen (secondary N) is 1. The molecule has 1 aromatic carbocycles. The van der Waals surface area contributed by atoms with Crippen LogP contribution in [-0.2, 0) is 0 Å². The van der Waals surface area contributed by atoms with E-state index >= 15 is 0 Å². The van der Waals surface area contributed by atoms with Crippen molar-refractivity contribution in [1.29, 1.82) is 0 Å². The molecule has 1 amide bonds. The number of hydrogen-bond acceptors (Lipinski definition) is 5. The number of aromatic nitrogens is 2. The highest BCUT2D eigenvalue weighted by Crippen LogP contribution is 2.26. The Morgan fingerprint density at radius 2 is 1.88 bits per heavy atom. The molecule has 1 aromatic heterocycles. The highest BCUT2D eigenvalue weighted by atomic mass is 16.5. The number of hydrogen-bond donors (Lipinski definition) is 2. The molecule has 0 fully saturated rings. The number of amides is 1. The van der Waals surface area contributed by atoms with Crippen molar-refractivity contribution in [1.82, 2.24) is 15.3 Å². The molecular weight excluding hydrogens is 316 g/mol. The van der Waals surface area contributed by atoms with Gasteiger partial charge in [-0.1, -0.05) is 26.2 Å². The molecule has 134 valence electrons. The molecule has 2 aromatic rings. The van der Waals surface area contributed by atoms with Crippen LogP contribution < -0.4 is 15.8 Å². The van der Waals surface area contributed by atoms with Gasteiger partial charge in [-0.15, -0.1) is 0 Å². The van der Waals surface area contributed by atoms with Gasteiger partial charge in [0.1, 0.15) is 5.75 Å². The molecule has 0 radical (unpaired) electrons. The zero-order chi connectivity index (χ0) is 18.2. The second kappa shape index (κ2) is 9.01. The maximum absolute atomic E-state index is 12.2. The summed E-state index contributed by atoms with van der Waals surface area (Å²) in [6, 6.07) is 7.54. The SMILES string of the molecule is CCCCCCOc1ccc(-c2nc(N)nc(C)c2C(=O)NC)cc1. The van der Waals surface area contributed by atoms with E-state index in [0.717, 1.165) is 17.7 Å². The third-order valence-electron chi connectivity index (χ3n) is 3.96. The zero-order valence-electron chi connectivity index (χ0n) is 15.1. The molecule has 25 heavy (non-hydrogen) atoms. The van der Waals surface area contributed by atoms with Gasteiger partial charge in [0.05, 0.1) is 23.6 Å². The minimum Gasteiger partial charge on any atom is -0.494 e. The third-order valence-corrected chi connectivity index (χ3v) is 3.96. The molecule has 2 rings (SSSR count). The molecule has 3 N–H and O–H groups in total. The first-order chi connectivity index (χ1) is 12.1. The lowest BCUT2D eigenvalue weighted by molar-refractivity contribution is 0.0962. The van der Waals surface area contributed by atoms with E-state index in [4.69, 9.17) is 10.5 Å². The van der Waals surface area contributed by atoms with Crippen LogP contribution in [-0.4, -0.2) is 29.5 Å². The molecular formula is C19H26N4O2. The Balaban J connectivity index is 2.18. The van der Waals surface area contributed by atoms with Gasteiger partial charge in [0.15, 0.2) is 0 Å². The van der Waals surface area contributed by atoms with Gasteiger partial charge in [-0.3, -0.25) is 4.79 Å². The third kappa shape index (κ3) is 4.92. The number of nitrogens with zero attached hydrogens (tertiary/aromatic N) is 2. The predicted molar refractivity (Wildman–Crippen MR) is 99.6 cm³/mol. The first-order valence-electron chi connectivity index (χ1n) is 8.66. The fourth-order valence-electron chi connectivity index (χ4n) is 2.63. The molecule has 6 nitrogen and oxygen atoms in total. The average molecular weight is 342 g/mol. The maximum Gasteiger partial charge on any atom is 0.255 e. The van der Waals surface area contributed by atoms with Gasteiger partial charge in [-0.2, -0.15) is 0 Å². The van der Waals surface area contributed by atoms with Crippen LogP contribution in [0.3, 0.4) is 0 Å². The maximum atomic E-state index is 12.2. The summed E-state index contributed by atoms with van der Waals surface area (Å²) in [6.45, 7) is 4.65. The normalized spacial score (nSPS) is 10.5. The monoisotopic (exact) mass is 342 g/mol. The Hall–Kier alpha value is -2.63. The Morgan fingerprint density at radius 3 is 2.52 bits per heavy atom. The Kier molecular flexibility index (Phi) is 6.74. The van der Waals surface area contributed by atoms with Crippen molar-refractivity contribution in [3.8, 4) is 17.0 Å². The molecule has 1 heterocycles. The first-order valence-corrected chi connectivity index (χ1v) is 8.66. The molecule has 0 bridgehead atoms. The molecule has 0 aliphatic heterocycles. The lowest BCUT2D eigenvalue weighted by Gasteiger charge is -2.12. The summed E-state index contributed by atoms with van der Waals surface area (Å²) in [7, 11) is 1.58. The van der Waals surface area contributed by atoms with Gasteiger partial charge in [0, 0.05) is 12.6 Å². The molecule has 6 heteroatoms. The van der Waals surface area contributed by atoms with Crippen LogP contribution in [0, 0.1) is 6.92 Å². The average Bonchev–Trinajstić information content (AvgIpc) is 2.61. The highest BCUT2D eigenvalue weighted by molar-refractivity contribution is 6.00. The summed E-state index contributed by atoms with van der Waals surface area (Å²) in [5, 5.41) is 2.62. The fourth-order valence-corrected chi connectivity index (χ4v) is 2.63. The van der Waals surface area contributed by atoms with E-state index in [-0.39, 0.29) is 11.9 Å². The van der Waals surface area contributed by atoms with Crippen LogP contribution in [0.2, 0.25) is 0 Å². The van der Waals surface area contributed by atoms with Crippen LogP contribution in [0.4, 0.5) is 5.95 Å². The van der Waals surface area contributed by atoms with Crippen molar-refractivity contribution >= 4 is 11.9 Å². The lowest BCUT2D eigenvalue weighted by atomic mass is 10.0. The molecule has 0 aliphatic rings. The van der Waals surface area contributed by atoms with Gasteiger partial charge in [-0.25, -0.2) is 9.97 Å². The van der Waals surface area contributed by atoms with E-state index in [0.29, 0.717) is 23.6 Å². The van der Waals surface area contributed by atoms with Crippen molar-refractivity contribution in [3.63, 3.8) is 0 Å². The number of carbonyl (C=O) groups excluding carboxylic acids is 1.